The van der Waals surface area contributed by atoms with Crippen molar-refractivity contribution in [2.45, 2.75) is 6.92 Å². The molecule has 0 atom stereocenters. The van der Waals surface area contributed by atoms with E-state index in [0.29, 0.717) is 23.7 Å². The molecule has 0 N–H and O–H groups in total. The Kier molecular flexibility index (Phi) is 5.80. The first-order chi connectivity index (χ1) is 11.2. The van der Waals surface area contributed by atoms with Crippen molar-refractivity contribution in [3.05, 3.63) is 59.7 Å². The van der Waals surface area contributed by atoms with Crippen molar-refractivity contribution in [1.29, 1.82) is 0 Å². The van der Waals surface area contributed by atoms with E-state index in [9.17, 15) is 4.79 Å². The standard InChI is InChI=1S/C19H20O4/c1-4-23-19(20)16(15-8-6-5-7-9-15)12-14-10-11-17(21-2)18(13-14)22-3/h5-13H,4H2,1-3H3/b16-12+. The van der Waals surface area contributed by atoms with Gasteiger partial charge in [-0.15, -0.1) is 0 Å². The van der Waals surface area contributed by atoms with Crippen LogP contribution in [0.2, 0.25) is 0 Å². The van der Waals surface area contributed by atoms with Crippen LogP contribution < -0.4 is 9.47 Å². The SMILES string of the molecule is CCOC(=O)/C(=C/c1ccc(OC)c(OC)c1)c1ccccc1. The Balaban J connectivity index is 2.46. The van der Waals surface area contributed by atoms with Crippen LogP contribution in [0.15, 0.2) is 48.5 Å². The third kappa shape index (κ3) is 4.13. The molecule has 0 spiro atoms. The van der Waals surface area contributed by atoms with Crippen molar-refractivity contribution < 1.29 is 19.0 Å². The van der Waals surface area contributed by atoms with Gasteiger partial charge in [0.1, 0.15) is 0 Å². The lowest BCUT2D eigenvalue weighted by molar-refractivity contribution is -0.136. The molecule has 2 aromatic carbocycles. The van der Waals surface area contributed by atoms with E-state index in [1.165, 1.54) is 0 Å². The fourth-order valence-electron chi connectivity index (χ4n) is 2.20. The van der Waals surface area contributed by atoms with Gasteiger partial charge >= 0.3 is 5.97 Å². The zero-order valence-electron chi connectivity index (χ0n) is 13.5. The Bertz CT molecular complexity index is 690. The van der Waals surface area contributed by atoms with Gasteiger partial charge in [0.05, 0.1) is 26.4 Å². The van der Waals surface area contributed by atoms with Gasteiger partial charge in [-0.25, -0.2) is 4.79 Å². The lowest BCUT2D eigenvalue weighted by Crippen LogP contribution is -2.06. The third-order valence-electron chi connectivity index (χ3n) is 3.30. The minimum Gasteiger partial charge on any atom is -0.493 e. The third-order valence-corrected chi connectivity index (χ3v) is 3.30. The number of rotatable bonds is 6. The Labute approximate surface area is 136 Å². The number of ether oxygens (including phenoxy) is 3. The first-order valence-corrected chi connectivity index (χ1v) is 7.35. The van der Waals surface area contributed by atoms with Crippen LogP contribution >= 0.6 is 0 Å². The molecule has 4 nitrogen and oxygen atoms in total. The zero-order chi connectivity index (χ0) is 16.7. The van der Waals surface area contributed by atoms with Gasteiger partial charge in [-0.3, -0.25) is 0 Å². The number of methoxy groups -OCH3 is 2. The summed E-state index contributed by atoms with van der Waals surface area (Å²) < 4.78 is 15.7. The van der Waals surface area contributed by atoms with E-state index in [-0.39, 0.29) is 5.97 Å². The topological polar surface area (TPSA) is 44.8 Å². The fourth-order valence-corrected chi connectivity index (χ4v) is 2.20. The van der Waals surface area contributed by atoms with Gasteiger partial charge in [0, 0.05) is 0 Å². The van der Waals surface area contributed by atoms with E-state index >= 15 is 0 Å². The molecule has 2 rings (SSSR count). The van der Waals surface area contributed by atoms with Crippen LogP contribution in [-0.2, 0) is 9.53 Å². The van der Waals surface area contributed by atoms with Gasteiger partial charge < -0.3 is 14.2 Å². The second kappa shape index (κ2) is 8.03. The molecule has 0 saturated carbocycles. The molecule has 0 aromatic heterocycles. The molecule has 120 valence electrons. The first kappa shape index (κ1) is 16.6. The van der Waals surface area contributed by atoms with Crippen LogP contribution in [0.1, 0.15) is 18.1 Å². The Morgan fingerprint density at radius 3 is 2.30 bits per heavy atom. The predicted molar refractivity (Wildman–Crippen MR) is 90.5 cm³/mol. The van der Waals surface area contributed by atoms with Gasteiger partial charge in [-0.1, -0.05) is 36.4 Å². The second-order valence-electron chi connectivity index (χ2n) is 4.76. The van der Waals surface area contributed by atoms with E-state index < -0.39 is 0 Å². The molecule has 0 unspecified atom stereocenters. The predicted octanol–water partition coefficient (Wildman–Crippen LogP) is 3.81. The summed E-state index contributed by atoms with van der Waals surface area (Å²) in [4.78, 5) is 12.3. The second-order valence-corrected chi connectivity index (χ2v) is 4.76. The number of carbonyl (C=O) groups excluding carboxylic acids is 1. The van der Waals surface area contributed by atoms with E-state index in [1.54, 1.807) is 33.3 Å². The summed E-state index contributed by atoms with van der Waals surface area (Å²) in [5, 5.41) is 0. The summed E-state index contributed by atoms with van der Waals surface area (Å²) in [5.74, 6) is 0.896. The Morgan fingerprint density at radius 1 is 1.00 bits per heavy atom. The van der Waals surface area contributed by atoms with Crippen molar-refractivity contribution in [3.8, 4) is 11.5 Å². The van der Waals surface area contributed by atoms with Gasteiger partial charge in [-0.05, 0) is 36.3 Å². The lowest BCUT2D eigenvalue weighted by atomic mass is 10.0. The van der Waals surface area contributed by atoms with Crippen molar-refractivity contribution in [3.63, 3.8) is 0 Å². The molecule has 0 aliphatic heterocycles. The van der Waals surface area contributed by atoms with Crippen LogP contribution in [-0.4, -0.2) is 26.8 Å². The number of carbonyl (C=O) groups is 1. The van der Waals surface area contributed by atoms with E-state index in [1.807, 2.05) is 42.5 Å². The summed E-state index contributed by atoms with van der Waals surface area (Å²) in [5.41, 5.74) is 2.13. The van der Waals surface area contributed by atoms with E-state index in [2.05, 4.69) is 0 Å². The maximum absolute atomic E-state index is 12.3. The molecular formula is C19H20O4. The van der Waals surface area contributed by atoms with Crippen molar-refractivity contribution in [2.75, 3.05) is 20.8 Å². The minimum atomic E-state index is -0.353. The molecule has 0 amide bonds. The summed E-state index contributed by atoms with van der Waals surface area (Å²) in [6.45, 7) is 2.12. The molecule has 0 bridgehead atoms. The number of esters is 1. The van der Waals surface area contributed by atoms with Gasteiger partial charge in [-0.2, -0.15) is 0 Å². The quantitative estimate of drug-likeness (QED) is 0.462. The molecule has 0 aliphatic rings. The first-order valence-electron chi connectivity index (χ1n) is 7.35. The Morgan fingerprint density at radius 2 is 1.70 bits per heavy atom. The monoisotopic (exact) mass is 312 g/mol. The average Bonchev–Trinajstić information content (AvgIpc) is 2.60. The molecule has 2 aromatic rings. The van der Waals surface area contributed by atoms with Gasteiger partial charge in [0.2, 0.25) is 0 Å². The van der Waals surface area contributed by atoms with Crippen LogP contribution in [0.25, 0.3) is 11.6 Å². The van der Waals surface area contributed by atoms with E-state index in [0.717, 1.165) is 11.1 Å². The molecule has 0 aliphatic carbocycles. The maximum Gasteiger partial charge on any atom is 0.338 e. The minimum absolute atomic E-state index is 0.328. The van der Waals surface area contributed by atoms with Crippen LogP contribution in [0.4, 0.5) is 0 Å². The summed E-state index contributed by atoms with van der Waals surface area (Å²) >= 11 is 0. The highest BCUT2D eigenvalue weighted by atomic mass is 16.5. The molecule has 23 heavy (non-hydrogen) atoms. The molecule has 0 radical (unpaired) electrons. The molecule has 0 fully saturated rings. The molecular weight excluding hydrogens is 292 g/mol. The van der Waals surface area contributed by atoms with Crippen molar-refractivity contribution >= 4 is 17.6 Å². The van der Waals surface area contributed by atoms with Crippen LogP contribution in [0, 0.1) is 0 Å². The highest BCUT2D eigenvalue weighted by Crippen LogP contribution is 2.29. The lowest BCUT2D eigenvalue weighted by Gasteiger charge is -2.10. The van der Waals surface area contributed by atoms with E-state index in [4.69, 9.17) is 14.2 Å². The molecule has 4 heteroatoms. The highest BCUT2D eigenvalue weighted by Gasteiger charge is 2.13. The Hall–Kier alpha value is -2.75. The largest absolute Gasteiger partial charge is 0.493 e. The van der Waals surface area contributed by atoms with Crippen LogP contribution in [0.3, 0.4) is 0 Å². The maximum atomic E-state index is 12.3. The normalized spacial score (nSPS) is 11.0. The van der Waals surface area contributed by atoms with Gasteiger partial charge in [0.25, 0.3) is 0 Å². The van der Waals surface area contributed by atoms with Gasteiger partial charge in [0.15, 0.2) is 11.5 Å². The van der Waals surface area contributed by atoms with Crippen LogP contribution in [0.5, 0.6) is 11.5 Å². The average molecular weight is 312 g/mol. The summed E-state index contributed by atoms with van der Waals surface area (Å²) in [7, 11) is 3.16. The fraction of sp³-hybridized carbons (Fsp3) is 0.211. The molecule has 0 heterocycles. The molecule has 0 saturated heterocycles. The highest BCUT2D eigenvalue weighted by molar-refractivity contribution is 6.21. The summed E-state index contributed by atoms with van der Waals surface area (Å²) in [6, 6.07) is 14.9. The smallest absolute Gasteiger partial charge is 0.338 e. The van der Waals surface area contributed by atoms with Crippen molar-refractivity contribution in [2.24, 2.45) is 0 Å². The van der Waals surface area contributed by atoms with Crippen molar-refractivity contribution in [1.82, 2.24) is 0 Å². The number of hydrogen-bond acceptors (Lipinski definition) is 4. The summed E-state index contributed by atoms with van der Waals surface area (Å²) in [6.07, 6.45) is 1.79. The number of hydrogen-bond donors (Lipinski definition) is 0. The zero-order valence-corrected chi connectivity index (χ0v) is 13.5. The number of benzene rings is 2.